The van der Waals surface area contributed by atoms with Crippen molar-refractivity contribution in [3.8, 4) is 73.7 Å². The number of aromatic amines is 2. The number of carbonyl (C=O) groups excluding carboxylic acids is 7. The number of aliphatic hydroxyl groups excluding tert-OH is 1. The summed E-state index contributed by atoms with van der Waals surface area (Å²) in [6.07, 6.45) is 18.4. The maximum Gasteiger partial charge on any atom is 1.00 e. The minimum atomic E-state index is -0.606. The summed E-state index contributed by atoms with van der Waals surface area (Å²) in [4.78, 5) is 141. The number of imidazole rings is 2. The van der Waals surface area contributed by atoms with Crippen LogP contribution in [0.3, 0.4) is 0 Å². The van der Waals surface area contributed by atoms with Crippen LogP contribution in [0.2, 0.25) is 0 Å². The largest absolute Gasteiger partial charge is 1.00 e. The molecule has 12 heterocycles. The van der Waals surface area contributed by atoms with Crippen LogP contribution < -0.4 is 79.3 Å². The second kappa shape index (κ2) is 47.4. The molecule has 21 rings (SSSR count). The third-order valence-corrected chi connectivity index (χ3v) is 24.8. The van der Waals surface area contributed by atoms with E-state index in [1.807, 2.05) is 138 Å². The molecule has 752 valence electrons. The monoisotopic (exact) mass is 1990 g/mol. The number of benzene rings is 6. The predicted octanol–water partition coefficient (Wildman–Crippen LogP) is 13.9. The molecule has 6 aliphatic rings. The molecule has 3 aliphatic heterocycles. The molecule has 9 aromatic heterocycles. The van der Waals surface area contributed by atoms with Crippen molar-refractivity contribution < 1.29 is 104 Å². The fourth-order valence-corrected chi connectivity index (χ4v) is 16.9. The van der Waals surface area contributed by atoms with Crippen LogP contribution in [0.4, 0.5) is 63.2 Å². The van der Waals surface area contributed by atoms with E-state index in [0.29, 0.717) is 131 Å². The van der Waals surface area contributed by atoms with Crippen molar-refractivity contribution >= 4 is 110 Å². The van der Waals surface area contributed by atoms with Crippen LogP contribution in [0.5, 0.6) is 17.2 Å². The maximum absolute atomic E-state index is 15.5. The van der Waals surface area contributed by atoms with Crippen molar-refractivity contribution in [3.63, 3.8) is 0 Å². The zero-order valence-electron chi connectivity index (χ0n) is 82.7. The number of nitrogens with two attached hydrogens (primary N) is 2. The van der Waals surface area contributed by atoms with Gasteiger partial charge in [-0.05, 0) is 225 Å². The van der Waals surface area contributed by atoms with Crippen LogP contribution in [0.1, 0.15) is 156 Å². The molecule has 9 N–H and O–H groups in total. The minimum Gasteiger partial charge on any atom is -0.870 e. The van der Waals surface area contributed by atoms with Gasteiger partial charge in [0.25, 0.3) is 17.7 Å². The topological polar surface area (TPSA) is 447 Å². The summed E-state index contributed by atoms with van der Waals surface area (Å²) >= 11 is 0. The number of pyridine rings is 7. The van der Waals surface area contributed by atoms with Gasteiger partial charge in [-0.3, -0.25) is 53.5 Å². The van der Waals surface area contributed by atoms with Gasteiger partial charge in [0.05, 0.1) is 102 Å². The van der Waals surface area contributed by atoms with Gasteiger partial charge in [-0.1, -0.05) is 36.4 Å². The molecular weight excluding hydrogens is 1880 g/mol. The van der Waals surface area contributed by atoms with Gasteiger partial charge in [0.15, 0.2) is 35.5 Å². The Labute approximate surface area is 855 Å². The molecule has 39 heteroatoms. The summed E-state index contributed by atoms with van der Waals surface area (Å²) in [5.41, 5.74) is 29.1. The number of halogens is 4. The molecule has 34 nitrogen and oxygen atoms in total. The van der Waals surface area contributed by atoms with E-state index in [-0.39, 0.29) is 135 Å². The Morgan fingerprint density at radius 3 is 1.14 bits per heavy atom. The molecule has 0 atom stereocenters. The SMILES string of the molecule is CC(=O)OCc1c(-c2ccnc(N)c2N)cccc1N1CCOc2cc(C3CC3)cc(F)c2C1=O.CC(=O)OCc1c(-c2ccnc3nc(-c4ccc(N(C)C)cn4)[nH]c23)cccc1N1CCOc2cc(C3CC3)cc(F)c2C1=O.CN(C)c1ccc(-c2nc3nccc(-c4cccc(N5CCOc6cc(C7CC7)cc(F)c6C5=O)c4CO)c3[nH]2)nc1.CN(C)c1ccc(C=O)nc1.CNC.O=Cc1ccc(F)cn1.[Li+].[OH-]. The third-order valence-electron chi connectivity index (χ3n) is 24.8. The van der Waals surface area contributed by atoms with Gasteiger partial charge in [0, 0.05) is 108 Å². The molecule has 15 aromatic rings. The number of aromatic nitrogens is 11. The second-order valence-corrected chi connectivity index (χ2v) is 35.5. The zero-order chi connectivity index (χ0) is 103. The second-order valence-electron chi connectivity index (χ2n) is 35.5. The third kappa shape index (κ3) is 24.3. The molecule has 0 bridgehead atoms. The standard InChI is InChI=1S/C34H31FN6O4.C32H29FN6O3.C26H25FN4O4.C8H10N2O.C6H4FNO.C2H7N.Li.H2O/c1-19(42)45-18-25-23(24-11-12-36-33-31(24)38-32(39-33)27-10-9-22(17-37-27)40(2)3)5-4-6-28(25)41-13-14-44-29-16-21(20-7-8-20)15-26(35)30(29)34(41)43;1-38(2)20-8-9-25(35-16-20)30-36-29-22(10-11-34-31(29)37-30)21-4-3-5-26(23(21)17-40)39-12-13-42-27-15-19(18-6-7-18)14-24(33)28(27)32(39)41;1-14(32)35-13-19-17(18-7-8-30-25(29)24(18)28)3-2-4-21(19)31-9-10-34-22-12-16(15-5-6-15)11-20(27)23(22)26(31)33;1-10(2)8-4-3-7(6-11)9-5-8;7-5-1-2-6(4-9)8-3-5;1-3-2;;/h4-6,9-12,15-17,20H,7-8,13-14,18H2,1-3H3,(H,36,38,39);3-5,8-11,14-16,18,40H,6-7,12-13,17H2,1-2H3,(H,34,36,37);2-4,7-8,11-12,15H,5-6,9-10,13,28H2,1H3,(H2,29,30);3-6H,1-2H3;1-4H;3H,1-2H3;;1H2/q;;;;;;+1;/p-1. The van der Waals surface area contributed by atoms with Gasteiger partial charge in [-0.2, -0.15) is 0 Å². The van der Waals surface area contributed by atoms with E-state index >= 15 is 13.2 Å². The Bertz CT molecular complexity index is 7360. The van der Waals surface area contributed by atoms with E-state index in [4.69, 9.17) is 40.1 Å². The van der Waals surface area contributed by atoms with E-state index in [0.717, 1.165) is 95.9 Å². The Morgan fingerprint density at radius 2 is 0.810 bits per heavy atom. The Kier molecular flexibility index (Phi) is 34.3. The normalized spacial score (nSPS) is 13.7. The fraction of sp³-hybridized carbons (Fsp3) is 0.259. The molecule has 3 aliphatic carbocycles. The first-order valence-corrected chi connectivity index (χ1v) is 46.8. The number of aliphatic hydroxyl groups is 1. The average molecular weight is 1990 g/mol. The Hall–Kier alpha value is -16.4. The van der Waals surface area contributed by atoms with Gasteiger partial charge in [-0.25, -0.2) is 42.5 Å². The van der Waals surface area contributed by atoms with Gasteiger partial charge in [0.1, 0.15) is 119 Å². The first-order valence-electron chi connectivity index (χ1n) is 46.8. The van der Waals surface area contributed by atoms with Crippen molar-refractivity contribution in [2.24, 2.45) is 0 Å². The summed E-state index contributed by atoms with van der Waals surface area (Å²) in [6, 6.07) is 45.1. The number of fused-ring (bicyclic) bond motifs is 5. The zero-order valence-corrected chi connectivity index (χ0v) is 82.7. The number of ether oxygens (including phenoxy) is 5. The van der Waals surface area contributed by atoms with E-state index in [2.05, 4.69) is 55.2 Å². The van der Waals surface area contributed by atoms with E-state index in [1.54, 1.807) is 91.6 Å². The van der Waals surface area contributed by atoms with Crippen molar-refractivity contribution in [1.29, 1.82) is 0 Å². The number of esters is 2. The van der Waals surface area contributed by atoms with Crippen molar-refractivity contribution in [1.82, 2.24) is 60.1 Å². The average Bonchev–Trinajstić information content (AvgIpc) is 1.66. The van der Waals surface area contributed by atoms with Crippen LogP contribution in [0, 0.1) is 23.3 Å². The summed E-state index contributed by atoms with van der Waals surface area (Å²) in [7, 11) is 15.4. The molecular formula is C108H107F4LiN20O14. The number of nitrogen functional groups attached to an aromatic ring is 2. The number of anilines is 8. The Morgan fingerprint density at radius 1 is 0.463 bits per heavy atom. The Balaban J connectivity index is 0.000000156. The molecule has 0 saturated heterocycles. The van der Waals surface area contributed by atoms with Crippen molar-refractivity contribution in [2.45, 2.75) is 89.9 Å². The molecule has 0 unspecified atom stereocenters. The minimum absolute atomic E-state index is 0. The van der Waals surface area contributed by atoms with Gasteiger partial charge < -0.3 is 90.4 Å². The summed E-state index contributed by atoms with van der Waals surface area (Å²) in [5, 5.41) is 13.4. The maximum atomic E-state index is 15.5. The predicted molar refractivity (Wildman–Crippen MR) is 546 cm³/mol. The van der Waals surface area contributed by atoms with Crippen LogP contribution in [0.25, 0.3) is 78.7 Å². The summed E-state index contributed by atoms with van der Waals surface area (Å²) in [5.74, 6) is -1.70. The van der Waals surface area contributed by atoms with Gasteiger partial charge in [0.2, 0.25) is 0 Å². The molecule has 3 fully saturated rings. The number of aldehydes is 2. The number of hydrogen-bond acceptors (Lipinski definition) is 29. The van der Waals surface area contributed by atoms with E-state index in [9.17, 15) is 43.1 Å². The molecule has 0 radical (unpaired) electrons. The molecule has 3 amide bonds. The van der Waals surface area contributed by atoms with Crippen LogP contribution in [-0.4, -0.2) is 203 Å². The number of amides is 3. The number of H-pyrrole nitrogens is 2. The smallest absolute Gasteiger partial charge is 0.870 e. The van der Waals surface area contributed by atoms with Gasteiger partial charge >= 0.3 is 30.8 Å². The van der Waals surface area contributed by atoms with Gasteiger partial charge in [-0.15, -0.1) is 0 Å². The number of carbonyl (C=O) groups is 7. The summed E-state index contributed by atoms with van der Waals surface area (Å²) < 4.78 is 86.6. The molecule has 147 heavy (non-hydrogen) atoms. The summed E-state index contributed by atoms with van der Waals surface area (Å²) in [6.45, 7) is 3.16. The quantitative estimate of drug-likeness (QED) is 0.0168. The molecule has 6 aromatic carbocycles. The van der Waals surface area contributed by atoms with Crippen LogP contribution in [-0.2, 0) is 38.9 Å². The first kappa shape index (κ1) is 106. The van der Waals surface area contributed by atoms with E-state index in [1.165, 1.54) is 65.1 Å². The number of hydrogen-bond donors (Lipinski definition) is 6. The first-order chi connectivity index (χ1) is 70.0. The van der Waals surface area contributed by atoms with Crippen LogP contribution >= 0.6 is 0 Å². The number of rotatable bonds is 21. The number of nitrogens with one attached hydrogen (secondary N) is 3. The van der Waals surface area contributed by atoms with Crippen molar-refractivity contribution in [2.75, 3.05) is 137 Å². The molecule has 3 saturated carbocycles. The fourth-order valence-electron chi connectivity index (χ4n) is 16.9. The van der Waals surface area contributed by atoms with Crippen LogP contribution in [0.15, 0.2) is 201 Å². The molecule has 0 spiro atoms. The van der Waals surface area contributed by atoms with E-state index < -0.39 is 52.9 Å². The number of nitrogens with zero attached hydrogens (tertiary/aromatic N) is 15. The van der Waals surface area contributed by atoms with Crippen molar-refractivity contribution in [3.05, 3.63) is 286 Å².